The minimum absolute atomic E-state index is 0.201. The monoisotopic (exact) mass is 315 g/mol. The molecule has 0 bridgehead atoms. The summed E-state index contributed by atoms with van der Waals surface area (Å²) in [6.45, 7) is 4.06. The Labute approximate surface area is 136 Å². The molecule has 0 saturated carbocycles. The Morgan fingerprint density at radius 3 is 2.70 bits per heavy atom. The number of H-pyrrole nitrogens is 1. The highest BCUT2D eigenvalue weighted by molar-refractivity contribution is 5.87. The van der Waals surface area contributed by atoms with E-state index in [4.69, 9.17) is 5.73 Å². The van der Waals surface area contributed by atoms with Crippen LogP contribution in [-0.2, 0) is 16.0 Å². The molecule has 1 amide bonds. The number of aromatic amines is 1. The largest absolute Gasteiger partial charge is 0.361 e. The van der Waals surface area contributed by atoms with Gasteiger partial charge in [-0.15, -0.1) is 0 Å². The van der Waals surface area contributed by atoms with E-state index < -0.39 is 12.1 Å². The maximum Gasteiger partial charge on any atom is 0.240 e. The number of likely N-dealkylation sites (N-methyl/N-ethyl adjacent to an activating group) is 1. The van der Waals surface area contributed by atoms with Crippen molar-refractivity contribution in [1.29, 1.82) is 0 Å². The van der Waals surface area contributed by atoms with Crippen molar-refractivity contribution < 1.29 is 9.59 Å². The quantitative estimate of drug-likeness (QED) is 0.768. The number of nitrogens with two attached hydrogens (primary N) is 1. The van der Waals surface area contributed by atoms with Crippen LogP contribution < -0.4 is 5.73 Å². The molecule has 23 heavy (non-hydrogen) atoms. The average molecular weight is 315 g/mol. The van der Waals surface area contributed by atoms with Crippen molar-refractivity contribution >= 4 is 23.1 Å². The van der Waals surface area contributed by atoms with Gasteiger partial charge in [0.25, 0.3) is 0 Å². The van der Waals surface area contributed by atoms with E-state index in [1.165, 1.54) is 4.90 Å². The lowest BCUT2D eigenvalue weighted by Crippen LogP contribution is -2.48. The van der Waals surface area contributed by atoms with Crippen LogP contribution in [0.5, 0.6) is 0 Å². The lowest BCUT2D eigenvalue weighted by atomic mass is 10.0. The number of nitrogens with zero attached hydrogens (tertiary/aromatic N) is 1. The van der Waals surface area contributed by atoms with E-state index in [9.17, 15) is 9.59 Å². The second-order valence-corrected chi connectivity index (χ2v) is 6.45. The fraction of sp³-hybridized carbons (Fsp3) is 0.444. The summed E-state index contributed by atoms with van der Waals surface area (Å²) in [5, 5.41) is 1.08. The van der Waals surface area contributed by atoms with E-state index in [-0.39, 0.29) is 5.91 Å². The molecule has 1 heterocycles. The molecule has 0 aliphatic carbocycles. The van der Waals surface area contributed by atoms with Gasteiger partial charge in [-0.05, 0) is 30.4 Å². The second-order valence-electron chi connectivity index (χ2n) is 6.45. The number of fused-ring (bicyclic) bond motifs is 1. The molecule has 5 nitrogen and oxygen atoms in total. The number of aromatic nitrogens is 1. The topological polar surface area (TPSA) is 79.2 Å². The highest BCUT2D eigenvalue weighted by atomic mass is 16.2. The molecule has 0 radical (unpaired) electrons. The minimum Gasteiger partial charge on any atom is -0.361 e. The summed E-state index contributed by atoms with van der Waals surface area (Å²) in [4.78, 5) is 28.4. The molecule has 124 valence electrons. The van der Waals surface area contributed by atoms with E-state index in [2.05, 4.69) is 4.98 Å². The predicted octanol–water partition coefficient (Wildman–Crippen LogP) is 2.11. The molecule has 1 aromatic heterocycles. The number of amides is 1. The van der Waals surface area contributed by atoms with Crippen LogP contribution in [0.2, 0.25) is 0 Å². The van der Waals surface area contributed by atoms with Gasteiger partial charge in [0.05, 0.1) is 12.1 Å². The lowest BCUT2D eigenvalue weighted by Gasteiger charge is -2.27. The van der Waals surface area contributed by atoms with E-state index >= 15 is 0 Å². The van der Waals surface area contributed by atoms with Crippen LogP contribution in [-0.4, -0.2) is 41.2 Å². The Bertz CT molecular complexity index is 678. The summed E-state index contributed by atoms with van der Waals surface area (Å²) in [7, 11) is 1.65. The van der Waals surface area contributed by atoms with Gasteiger partial charge in [-0.3, -0.25) is 4.79 Å². The van der Waals surface area contributed by atoms with Crippen LogP contribution in [0.3, 0.4) is 0 Å². The Kier molecular flexibility index (Phi) is 5.55. The smallest absolute Gasteiger partial charge is 0.240 e. The molecular formula is C18H25N3O2. The van der Waals surface area contributed by atoms with Gasteiger partial charge >= 0.3 is 0 Å². The summed E-state index contributed by atoms with van der Waals surface area (Å²) in [6, 6.07) is 6.84. The van der Waals surface area contributed by atoms with Crippen molar-refractivity contribution in [1.82, 2.24) is 9.88 Å². The molecular weight excluding hydrogens is 290 g/mol. The van der Waals surface area contributed by atoms with E-state index in [1.54, 1.807) is 7.05 Å². The lowest BCUT2D eigenvalue weighted by molar-refractivity contribution is -0.136. The number of carbonyl (C=O) groups excluding carboxylic acids is 2. The van der Waals surface area contributed by atoms with E-state index in [0.29, 0.717) is 18.8 Å². The van der Waals surface area contributed by atoms with Crippen molar-refractivity contribution in [3.8, 4) is 0 Å². The Morgan fingerprint density at radius 1 is 1.35 bits per heavy atom. The first kappa shape index (κ1) is 17.2. The zero-order chi connectivity index (χ0) is 17.0. The maximum atomic E-state index is 12.5. The normalized spacial score (nSPS) is 14.0. The van der Waals surface area contributed by atoms with Gasteiger partial charge in [0.2, 0.25) is 5.91 Å². The number of rotatable bonds is 7. The SMILES string of the molecule is CC(C)C[C@@H](C=O)N(C)C(=O)[C@H](N)Cc1c[nH]c2ccccc12. The third-order valence-corrected chi connectivity index (χ3v) is 4.15. The zero-order valence-electron chi connectivity index (χ0n) is 14.0. The van der Waals surface area contributed by atoms with Gasteiger partial charge in [0.15, 0.2) is 0 Å². The van der Waals surface area contributed by atoms with E-state index in [0.717, 1.165) is 22.8 Å². The predicted molar refractivity (Wildman–Crippen MR) is 92.1 cm³/mol. The molecule has 0 unspecified atom stereocenters. The van der Waals surface area contributed by atoms with Crippen LogP contribution in [0, 0.1) is 5.92 Å². The Morgan fingerprint density at radius 2 is 2.04 bits per heavy atom. The average Bonchev–Trinajstić information content (AvgIpc) is 2.94. The number of hydrogen-bond acceptors (Lipinski definition) is 3. The van der Waals surface area contributed by atoms with Gasteiger partial charge < -0.3 is 20.4 Å². The van der Waals surface area contributed by atoms with Crippen molar-refractivity contribution in [2.45, 2.75) is 38.8 Å². The molecule has 0 spiro atoms. The molecule has 1 aromatic carbocycles. The molecule has 0 fully saturated rings. The summed E-state index contributed by atoms with van der Waals surface area (Å²) in [5.41, 5.74) is 8.15. The molecule has 0 aliphatic heterocycles. The van der Waals surface area contributed by atoms with Crippen molar-refractivity contribution in [2.75, 3.05) is 7.05 Å². The third kappa shape index (κ3) is 3.99. The van der Waals surface area contributed by atoms with Gasteiger partial charge in [0, 0.05) is 24.1 Å². The summed E-state index contributed by atoms with van der Waals surface area (Å²) in [6.07, 6.45) is 3.81. The number of para-hydroxylation sites is 1. The van der Waals surface area contributed by atoms with Gasteiger partial charge in [-0.1, -0.05) is 32.0 Å². The number of hydrogen-bond donors (Lipinski definition) is 2. The molecule has 2 atom stereocenters. The summed E-state index contributed by atoms with van der Waals surface area (Å²) >= 11 is 0. The molecule has 2 aromatic rings. The van der Waals surface area contributed by atoms with Crippen LogP contribution in [0.25, 0.3) is 10.9 Å². The maximum absolute atomic E-state index is 12.5. The van der Waals surface area contributed by atoms with E-state index in [1.807, 2.05) is 44.3 Å². The highest BCUT2D eigenvalue weighted by Gasteiger charge is 2.25. The van der Waals surface area contributed by atoms with Crippen molar-refractivity contribution in [3.63, 3.8) is 0 Å². The first-order valence-corrected chi connectivity index (χ1v) is 7.96. The van der Waals surface area contributed by atoms with Crippen LogP contribution >= 0.6 is 0 Å². The Balaban J connectivity index is 2.08. The van der Waals surface area contributed by atoms with Crippen LogP contribution in [0.4, 0.5) is 0 Å². The molecule has 0 aliphatic rings. The number of benzene rings is 1. The fourth-order valence-corrected chi connectivity index (χ4v) is 2.84. The van der Waals surface area contributed by atoms with Gasteiger partial charge in [-0.25, -0.2) is 0 Å². The molecule has 2 rings (SSSR count). The molecule has 5 heteroatoms. The Hall–Kier alpha value is -2.14. The standard InChI is InChI=1S/C18H25N3O2/c1-12(2)8-14(11-22)21(3)18(23)16(19)9-13-10-20-17-7-5-4-6-15(13)17/h4-7,10-12,14,16,20H,8-9,19H2,1-3H3/t14-,16+/m0/s1. The highest BCUT2D eigenvalue weighted by Crippen LogP contribution is 2.19. The first-order chi connectivity index (χ1) is 10.9. The number of nitrogens with one attached hydrogen (secondary N) is 1. The fourth-order valence-electron chi connectivity index (χ4n) is 2.84. The second kappa shape index (κ2) is 7.42. The van der Waals surface area contributed by atoms with Crippen molar-refractivity contribution in [3.05, 3.63) is 36.0 Å². The molecule has 3 N–H and O–H groups in total. The summed E-state index contributed by atoms with van der Waals surface area (Å²) < 4.78 is 0. The van der Waals surface area contributed by atoms with Crippen molar-refractivity contribution in [2.24, 2.45) is 11.7 Å². The van der Waals surface area contributed by atoms with Gasteiger partial charge in [0.1, 0.15) is 6.29 Å². The van der Waals surface area contributed by atoms with Crippen LogP contribution in [0.15, 0.2) is 30.5 Å². The number of carbonyl (C=O) groups is 2. The zero-order valence-corrected chi connectivity index (χ0v) is 14.0. The number of aldehydes is 1. The minimum atomic E-state index is -0.659. The first-order valence-electron chi connectivity index (χ1n) is 7.96. The van der Waals surface area contributed by atoms with Gasteiger partial charge in [-0.2, -0.15) is 0 Å². The summed E-state index contributed by atoms with van der Waals surface area (Å²) in [5.74, 6) is 0.137. The third-order valence-electron chi connectivity index (χ3n) is 4.15. The van der Waals surface area contributed by atoms with Crippen LogP contribution in [0.1, 0.15) is 25.8 Å². The molecule has 0 saturated heterocycles.